The Kier molecular flexibility index (Phi) is 2.98. The van der Waals surface area contributed by atoms with Crippen molar-refractivity contribution in [3.05, 3.63) is 30.0 Å². The fourth-order valence-corrected chi connectivity index (χ4v) is 2.79. The number of aromatic amines is 1. The third-order valence-electron chi connectivity index (χ3n) is 3.97. The topological polar surface area (TPSA) is 112 Å². The highest BCUT2D eigenvalue weighted by Crippen LogP contribution is 2.42. The van der Waals surface area contributed by atoms with Crippen LogP contribution < -0.4 is 5.73 Å². The van der Waals surface area contributed by atoms with Gasteiger partial charge in [0.25, 0.3) is 0 Å². The molecule has 6 N–H and O–H groups in total. The summed E-state index contributed by atoms with van der Waals surface area (Å²) in [4.78, 5) is 3.14. The first-order valence-corrected chi connectivity index (χ1v) is 6.49. The van der Waals surface area contributed by atoms with Gasteiger partial charge in [0.2, 0.25) is 0 Å². The highest BCUT2D eigenvalue weighted by atomic mass is 16.6. The van der Waals surface area contributed by atoms with Gasteiger partial charge in [0.15, 0.2) is 0 Å². The van der Waals surface area contributed by atoms with Crippen molar-refractivity contribution >= 4 is 16.6 Å². The molecule has 1 aromatic carbocycles. The van der Waals surface area contributed by atoms with Crippen molar-refractivity contribution < 1.29 is 20.1 Å². The number of hydrogen-bond donors (Lipinski definition) is 5. The van der Waals surface area contributed by atoms with Crippen molar-refractivity contribution in [1.82, 2.24) is 4.98 Å². The van der Waals surface area contributed by atoms with Crippen molar-refractivity contribution in [1.29, 1.82) is 0 Å². The number of aliphatic hydroxyl groups excluding tert-OH is 2. The molecule has 108 valence electrons. The van der Waals surface area contributed by atoms with Crippen LogP contribution in [-0.4, -0.2) is 44.7 Å². The summed E-state index contributed by atoms with van der Waals surface area (Å²) in [5.74, 6) is 0. The van der Waals surface area contributed by atoms with Gasteiger partial charge in [0.1, 0.15) is 23.9 Å². The summed E-state index contributed by atoms with van der Waals surface area (Å²) in [5.41, 5.74) is 6.51. The zero-order valence-electron chi connectivity index (χ0n) is 11.1. The Morgan fingerprint density at radius 1 is 1.45 bits per heavy atom. The van der Waals surface area contributed by atoms with Gasteiger partial charge in [-0.25, -0.2) is 0 Å². The molecule has 3 rings (SSSR count). The molecule has 0 unspecified atom stereocenters. The lowest BCUT2D eigenvalue weighted by Crippen LogP contribution is -2.43. The Bertz CT molecular complexity index is 637. The van der Waals surface area contributed by atoms with E-state index in [1.54, 1.807) is 12.1 Å². The van der Waals surface area contributed by atoms with Crippen LogP contribution in [0.5, 0.6) is 0 Å². The van der Waals surface area contributed by atoms with Crippen LogP contribution in [0.25, 0.3) is 10.9 Å². The Morgan fingerprint density at radius 2 is 2.20 bits per heavy atom. The normalized spacial score (nSPS) is 33.9. The molecule has 6 heteroatoms. The maximum Gasteiger partial charge on any atom is 0.129 e. The molecule has 4 atom stereocenters. The second-order valence-electron chi connectivity index (χ2n) is 5.44. The average Bonchev–Trinajstić information content (AvgIpc) is 2.92. The molecule has 0 radical (unpaired) electrons. The van der Waals surface area contributed by atoms with Gasteiger partial charge >= 0.3 is 0 Å². The number of aliphatic hydroxyl groups is 3. The van der Waals surface area contributed by atoms with E-state index in [2.05, 4.69) is 4.98 Å². The molecule has 0 aliphatic carbocycles. The zero-order chi connectivity index (χ0) is 14.5. The van der Waals surface area contributed by atoms with Gasteiger partial charge in [-0.3, -0.25) is 0 Å². The Labute approximate surface area is 115 Å². The molecular formula is C14H18N2O4. The SMILES string of the molecule is C[C@@]1(O)[C@H](O)[C@@H](CO)O[C@H]1c1cc2c(N)cccc2[nH]1. The van der Waals surface area contributed by atoms with Crippen molar-refractivity contribution in [3.63, 3.8) is 0 Å². The molecule has 1 aliphatic rings. The van der Waals surface area contributed by atoms with E-state index in [9.17, 15) is 15.3 Å². The number of hydrogen-bond acceptors (Lipinski definition) is 5. The Balaban J connectivity index is 2.05. The maximum absolute atomic E-state index is 10.4. The summed E-state index contributed by atoms with van der Waals surface area (Å²) < 4.78 is 5.57. The lowest BCUT2D eigenvalue weighted by atomic mass is 9.91. The van der Waals surface area contributed by atoms with Crippen LogP contribution in [0.4, 0.5) is 5.69 Å². The van der Waals surface area contributed by atoms with Crippen LogP contribution in [0.3, 0.4) is 0 Å². The first kappa shape index (κ1) is 13.4. The largest absolute Gasteiger partial charge is 0.398 e. The zero-order valence-corrected chi connectivity index (χ0v) is 11.1. The third-order valence-corrected chi connectivity index (χ3v) is 3.97. The van der Waals surface area contributed by atoms with Crippen molar-refractivity contribution in [2.24, 2.45) is 0 Å². The summed E-state index contributed by atoms with van der Waals surface area (Å²) in [6, 6.07) is 7.30. The predicted octanol–water partition coefficient (Wildman–Crippen LogP) is 0.294. The van der Waals surface area contributed by atoms with E-state index in [1.165, 1.54) is 6.92 Å². The number of nitrogens with one attached hydrogen (secondary N) is 1. The number of nitrogens with two attached hydrogens (primary N) is 1. The van der Waals surface area contributed by atoms with Crippen LogP contribution in [0.1, 0.15) is 18.7 Å². The van der Waals surface area contributed by atoms with E-state index in [-0.39, 0.29) is 6.61 Å². The van der Waals surface area contributed by atoms with Crippen LogP contribution in [0, 0.1) is 0 Å². The van der Waals surface area contributed by atoms with Gasteiger partial charge < -0.3 is 30.8 Å². The second kappa shape index (κ2) is 4.46. The summed E-state index contributed by atoms with van der Waals surface area (Å²) in [6.07, 6.45) is -2.71. The van der Waals surface area contributed by atoms with Gasteiger partial charge in [0.05, 0.1) is 6.61 Å². The molecule has 1 saturated heterocycles. The number of benzene rings is 1. The van der Waals surface area contributed by atoms with Crippen molar-refractivity contribution in [2.45, 2.75) is 30.8 Å². The molecule has 6 nitrogen and oxygen atoms in total. The number of rotatable bonds is 2. The molecule has 2 heterocycles. The van der Waals surface area contributed by atoms with Crippen LogP contribution >= 0.6 is 0 Å². The molecule has 1 aliphatic heterocycles. The number of anilines is 1. The number of aromatic nitrogens is 1. The summed E-state index contributed by atoms with van der Waals surface area (Å²) in [5, 5.41) is 30.5. The van der Waals surface area contributed by atoms with Gasteiger partial charge in [-0.05, 0) is 25.1 Å². The van der Waals surface area contributed by atoms with E-state index in [0.29, 0.717) is 11.4 Å². The fourth-order valence-electron chi connectivity index (χ4n) is 2.79. The number of fused-ring (bicyclic) bond motifs is 1. The smallest absolute Gasteiger partial charge is 0.129 e. The minimum Gasteiger partial charge on any atom is -0.398 e. The molecule has 0 saturated carbocycles. The highest BCUT2D eigenvalue weighted by molar-refractivity contribution is 5.91. The molecule has 0 spiro atoms. The molecule has 2 aromatic rings. The maximum atomic E-state index is 10.4. The first-order chi connectivity index (χ1) is 9.45. The Morgan fingerprint density at radius 3 is 2.80 bits per heavy atom. The standard InChI is InChI=1S/C14H18N2O4/c1-14(19)12(18)11(6-17)20-13(14)10-5-7-8(15)3-2-4-9(7)16-10/h2-5,11-13,16-19H,6,15H2,1H3/t11-,12-,13+,14-/m1/s1. The highest BCUT2D eigenvalue weighted by Gasteiger charge is 2.52. The number of H-pyrrole nitrogens is 1. The van der Waals surface area contributed by atoms with E-state index >= 15 is 0 Å². The van der Waals surface area contributed by atoms with E-state index in [1.807, 2.05) is 12.1 Å². The van der Waals surface area contributed by atoms with Crippen LogP contribution in [0.15, 0.2) is 24.3 Å². The summed E-state index contributed by atoms with van der Waals surface area (Å²) in [6.45, 7) is 1.14. The van der Waals surface area contributed by atoms with Gasteiger partial charge in [0, 0.05) is 22.3 Å². The van der Waals surface area contributed by atoms with Crippen molar-refractivity contribution in [2.75, 3.05) is 12.3 Å². The molecular weight excluding hydrogens is 260 g/mol. The van der Waals surface area contributed by atoms with Crippen LogP contribution in [0.2, 0.25) is 0 Å². The number of nitrogen functional groups attached to an aromatic ring is 1. The number of ether oxygens (including phenoxy) is 1. The van der Waals surface area contributed by atoms with Crippen molar-refractivity contribution in [3.8, 4) is 0 Å². The predicted molar refractivity (Wildman–Crippen MR) is 74.0 cm³/mol. The van der Waals surface area contributed by atoms with Gasteiger partial charge in [-0.1, -0.05) is 6.07 Å². The van der Waals surface area contributed by atoms with Gasteiger partial charge in [-0.15, -0.1) is 0 Å². The molecule has 0 amide bonds. The van der Waals surface area contributed by atoms with Crippen LogP contribution in [-0.2, 0) is 4.74 Å². The minimum atomic E-state index is -1.48. The van der Waals surface area contributed by atoms with E-state index < -0.39 is 23.9 Å². The molecule has 0 bridgehead atoms. The molecule has 1 fully saturated rings. The summed E-state index contributed by atoms with van der Waals surface area (Å²) in [7, 11) is 0. The second-order valence-corrected chi connectivity index (χ2v) is 5.44. The minimum absolute atomic E-state index is 0.351. The third kappa shape index (κ3) is 1.81. The average molecular weight is 278 g/mol. The lowest BCUT2D eigenvalue weighted by molar-refractivity contribution is -0.0657. The van der Waals surface area contributed by atoms with E-state index in [4.69, 9.17) is 10.5 Å². The lowest BCUT2D eigenvalue weighted by Gasteiger charge is -2.25. The Hall–Kier alpha value is -1.60. The first-order valence-electron chi connectivity index (χ1n) is 6.49. The quantitative estimate of drug-likeness (QED) is 0.507. The van der Waals surface area contributed by atoms with Gasteiger partial charge in [-0.2, -0.15) is 0 Å². The molecule has 20 heavy (non-hydrogen) atoms. The monoisotopic (exact) mass is 278 g/mol. The van der Waals surface area contributed by atoms with E-state index in [0.717, 1.165) is 10.9 Å². The summed E-state index contributed by atoms with van der Waals surface area (Å²) >= 11 is 0. The fraction of sp³-hybridized carbons (Fsp3) is 0.429. The molecule has 1 aromatic heterocycles.